The number of amides is 1. The van der Waals surface area contributed by atoms with E-state index in [1.165, 1.54) is 0 Å². The largest absolute Gasteiger partial charge is 0.332 e. The lowest BCUT2D eigenvalue weighted by molar-refractivity contribution is 0.102. The summed E-state index contributed by atoms with van der Waals surface area (Å²) in [5, 5.41) is 3.46. The zero-order valence-corrected chi connectivity index (χ0v) is 16.6. The summed E-state index contributed by atoms with van der Waals surface area (Å²) in [6, 6.07) is 5.40. The Kier molecular flexibility index (Phi) is 5.20. The van der Waals surface area contributed by atoms with E-state index in [-0.39, 0.29) is 38.3 Å². The summed E-state index contributed by atoms with van der Waals surface area (Å²) in [6.07, 6.45) is 5.01. The number of carbonyl (C=O) groups is 1. The van der Waals surface area contributed by atoms with E-state index in [4.69, 9.17) is 43.0 Å². The molecule has 30 heavy (non-hydrogen) atoms. The van der Waals surface area contributed by atoms with Gasteiger partial charge >= 0.3 is 0 Å². The van der Waals surface area contributed by atoms with Crippen molar-refractivity contribution in [2.75, 3.05) is 5.32 Å². The number of halogens is 1. The predicted molar refractivity (Wildman–Crippen MR) is 123 cm³/mol. The first-order valence-electron chi connectivity index (χ1n) is 8.74. The van der Waals surface area contributed by atoms with Crippen LogP contribution in [0.3, 0.4) is 0 Å². The SMILES string of the molecule is [B]c1c([B])c(C(=O)Nc2cc3nc(-c4cncn4C)ccc3cn2)c([B])c([B])c1Cl. The molecular weight excluding hydrogens is 393 g/mol. The van der Waals surface area contributed by atoms with Gasteiger partial charge in [-0.2, -0.15) is 0 Å². The molecule has 0 saturated heterocycles. The molecule has 8 radical (unpaired) electrons. The number of nitrogens with one attached hydrogen (secondary N) is 1. The highest BCUT2D eigenvalue weighted by atomic mass is 35.5. The second-order valence-electron chi connectivity index (χ2n) is 6.65. The third-order valence-corrected chi connectivity index (χ3v) is 5.12. The van der Waals surface area contributed by atoms with Crippen LogP contribution < -0.4 is 27.2 Å². The van der Waals surface area contributed by atoms with E-state index in [1.807, 2.05) is 23.7 Å². The second kappa shape index (κ2) is 7.69. The highest BCUT2D eigenvalue weighted by Gasteiger charge is 2.18. The van der Waals surface area contributed by atoms with Gasteiger partial charge in [-0.3, -0.25) is 4.79 Å². The van der Waals surface area contributed by atoms with Gasteiger partial charge in [0.05, 0.1) is 29.4 Å². The van der Waals surface area contributed by atoms with Crippen molar-refractivity contribution >= 4 is 87.5 Å². The van der Waals surface area contributed by atoms with Crippen molar-refractivity contribution in [3.8, 4) is 11.4 Å². The van der Waals surface area contributed by atoms with Crippen LogP contribution in [0.15, 0.2) is 36.9 Å². The van der Waals surface area contributed by atoms with Crippen LogP contribution in [0.5, 0.6) is 0 Å². The molecule has 0 bridgehead atoms. The lowest BCUT2D eigenvalue weighted by atomic mass is 9.67. The lowest BCUT2D eigenvalue weighted by Crippen LogP contribution is -2.47. The highest BCUT2D eigenvalue weighted by Crippen LogP contribution is 2.21. The quantitative estimate of drug-likeness (QED) is 0.451. The van der Waals surface area contributed by atoms with Crippen molar-refractivity contribution in [2.24, 2.45) is 7.05 Å². The maximum atomic E-state index is 12.8. The number of hydrogen-bond donors (Lipinski definition) is 1. The molecule has 0 saturated carbocycles. The number of hydrogen-bond acceptors (Lipinski definition) is 4. The Hall–Kier alpha value is -2.99. The first-order chi connectivity index (χ1) is 14.3. The summed E-state index contributed by atoms with van der Waals surface area (Å²) < 4.78 is 1.86. The molecule has 3 heterocycles. The third-order valence-electron chi connectivity index (χ3n) is 4.71. The van der Waals surface area contributed by atoms with Gasteiger partial charge in [0.25, 0.3) is 5.91 Å². The number of fused-ring (bicyclic) bond motifs is 1. The van der Waals surface area contributed by atoms with Crippen molar-refractivity contribution in [2.45, 2.75) is 0 Å². The van der Waals surface area contributed by atoms with E-state index in [9.17, 15) is 4.79 Å². The molecule has 6 nitrogen and oxygen atoms in total. The van der Waals surface area contributed by atoms with Crippen molar-refractivity contribution in [3.63, 3.8) is 0 Å². The van der Waals surface area contributed by atoms with Crippen LogP contribution in [0.2, 0.25) is 5.02 Å². The molecule has 3 aromatic heterocycles. The van der Waals surface area contributed by atoms with Gasteiger partial charge in [0.1, 0.15) is 37.2 Å². The Morgan fingerprint density at radius 3 is 2.40 bits per heavy atom. The molecule has 11 heteroatoms. The number of benzene rings is 1. The average molecular weight is 403 g/mol. The van der Waals surface area contributed by atoms with Crippen molar-refractivity contribution in [3.05, 3.63) is 47.5 Å². The number of imidazole rings is 1. The molecular formula is C19H10B4ClN5O. The van der Waals surface area contributed by atoms with Crippen molar-refractivity contribution in [1.82, 2.24) is 19.5 Å². The topological polar surface area (TPSA) is 72.7 Å². The monoisotopic (exact) mass is 403 g/mol. The van der Waals surface area contributed by atoms with Crippen molar-refractivity contribution < 1.29 is 4.79 Å². The maximum Gasteiger partial charge on any atom is 0.255 e. The van der Waals surface area contributed by atoms with Crippen LogP contribution in [0.1, 0.15) is 10.4 Å². The Morgan fingerprint density at radius 2 is 1.77 bits per heavy atom. The zero-order chi connectivity index (χ0) is 21.6. The van der Waals surface area contributed by atoms with Crippen molar-refractivity contribution in [1.29, 1.82) is 0 Å². The average Bonchev–Trinajstić information content (AvgIpc) is 3.16. The fourth-order valence-corrected chi connectivity index (χ4v) is 3.25. The van der Waals surface area contributed by atoms with E-state index < -0.39 is 5.91 Å². The number of pyridine rings is 2. The molecule has 4 aromatic rings. The van der Waals surface area contributed by atoms with Gasteiger partial charge in [-0.15, -0.1) is 0 Å². The summed E-state index contributed by atoms with van der Waals surface area (Å²) in [4.78, 5) is 25.8. The molecule has 1 aromatic carbocycles. The normalized spacial score (nSPS) is 11.0. The smallest absolute Gasteiger partial charge is 0.255 e. The van der Waals surface area contributed by atoms with Crippen LogP contribution in [0.25, 0.3) is 22.3 Å². The van der Waals surface area contributed by atoms with E-state index in [0.29, 0.717) is 5.52 Å². The highest BCUT2D eigenvalue weighted by molar-refractivity contribution is 6.65. The molecule has 136 valence electrons. The van der Waals surface area contributed by atoms with Gasteiger partial charge in [-0.05, 0) is 12.1 Å². The van der Waals surface area contributed by atoms with Gasteiger partial charge in [0.2, 0.25) is 0 Å². The summed E-state index contributed by atoms with van der Waals surface area (Å²) >= 11 is 5.99. The first-order valence-corrected chi connectivity index (χ1v) is 9.12. The van der Waals surface area contributed by atoms with Crippen LogP contribution in [0, 0.1) is 0 Å². The lowest BCUT2D eigenvalue weighted by Gasteiger charge is -2.18. The Bertz CT molecular complexity index is 1300. The molecule has 0 aliphatic rings. The number of aryl methyl sites for hydroxylation is 1. The van der Waals surface area contributed by atoms with E-state index in [2.05, 4.69) is 20.3 Å². The molecule has 4 rings (SSSR count). The fraction of sp³-hybridized carbons (Fsp3) is 0.0526. The van der Waals surface area contributed by atoms with E-state index in [1.54, 1.807) is 24.8 Å². The maximum absolute atomic E-state index is 12.8. The second-order valence-corrected chi connectivity index (χ2v) is 7.02. The van der Waals surface area contributed by atoms with Gasteiger partial charge < -0.3 is 9.88 Å². The molecule has 1 amide bonds. The number of anilines is 1. The number of carbonyl (C=O) groups excluding carboxylic acids is 1. The van der Waals surface area contributed by atoms with Crippen LogP contribution in [-0.2, 0) is 7.05 Å². The zero-order valence-electron chi connectivity index (χ0n) is 15.8. The van der Waals surface area contributed by atoms with E-state index in [0.717, 1.165) is 16.8 Å². The summed E-state index contributed by atoms with van der Waals surface area (Å²) in [5.74, 6) is -0.359. The molecule has 0 fully saturated rings. The Balaban J connectivity index is 1.71. The summed E-state index contributed by atoms with van der Waals surface area (Å²) in [7, 11) is 25.4. The fourth-order valence-electron chi connectivity index (χ4n) is 3.05. The number of nitrogens with zero attached hydrogens (tertiary/aromatic N) is 4. The standard InChI is InChI=1S/C19H10B4ClN5O/c1-29-7-25-6-11(29)9-3-2-8-5-26-12(4-10(8)27-9)28-19(30)13-14(20)16(22)18(24)17(23)15(13)21/h2-7H,1H3,(H,26,28,30). The third kappa shape index (κ3) is 3.41. The minimum Gasteiger partial charge on any atom is -0.332 e. The summed E-state index contributed by atoms with van der Waals surface area (Å²) in [5.41, 5.74) is 2.03. The summed E-state index contributed by atoms with van der Waals surface area (Å²) in [6.45, 7) is 0. The van der Waals surface area contributed by atoms with Gasteiger partial charge in [-0.25, -0.2) is 15.0 Å². The molecule has 0 aliphatic carbocycles. The first kappa shape index (κ1) is 20.3. The van der Waals surface area contributed by atoms with Crippen LogP contribution in [-0.4, -0.2) is 56.8 Å². The van der Waals surface area contributed by atoms with Gasteiger partial charge in [0.15, 0.2) is 0 Å². The van der Waals surface area contributed by atoms with E-state index >= 15 is 0 Å². The number of aromatic nitrogens is 4. The number of rotatable bonds is 3. The minimum absolute atomic E-state index is 0.0114. The predicted octanol–water partition coefficient (Wildman–Crippen LogP) is -0.889. The molecule has 1 N–H and O–H groups in total. The molecule has 0 spiro atoms. The van der Waals surface area contributed by atoms with Gasteiger partial charge in [-0.1, -0.05) is 33.5 Å². The minimum atomic E-state index is -0.616. The molecule has 0 unspecified atom stereocenters. The van der Waals surface area contributed by atoms with Crippen LogP contribution >= 0.6 is 11.6 Å². The van der Waals surface area contributed by atoms with Crippen LogP contribution in [0.4, 0.5) is 5.82 Å². The molecule has 0 aliphatic heterocycles. The Labute approximate surface area is 183 Å². The Morgan fingerprint density at radius 1 is 1.07 bits per heavy atom. The molecule has 0 atom stereocenters. The van der Waals surface area contributed by atoms with Gasteiger partial charge in [0, 0.05) is 35.3 Å².